The molecule has 0 saturated carbocycles. The molecule has 0 aromatic heterocycles. The number of hydrogen-bond donors (Lipinski definition) is 1. The first-order valence-electron chi connectivity index (χ1n) is 6.61. The van der Waals surface area contributed by atoms with Gasteiger partial charge in [0.25, 0.3) is 0 Å². The third-order valence-electron chi connectivity index (χ3n) is 3.74. The predicted molar refractivity (Wildman–Crippen MR) is 77.1 cm³/mol. The van der Waals surface area contributed by atoms with Gasteiger partial charge in [-0.15, -0.1) is 0 Å². The standard InChI is InChI=1S/C14H21NO4S/c1-12-5-3-4-6-13(12)9-14(11-16)10-15(7-8-19-14)20(2,17)18/h3-6,16H,7-11H2,1-2H3/t14-/m0/s1. The molecule has 2 rings (SSSR count). The van der Waals surface area contributed by atoms with E-state index in [0.29, 0.717) is 19.6 Å². The van der Waals surface area contributed by atoms with Gasteiger partial charge < -0.3 is 9.84 Å². The molecule has 1 N–H and O–H groups in total. The van der Waals surface area contributed by atoms with Crippen molar-refractivity contribution >= 4 is 10.0 Å². The van der Waals surface area contributed by atoms with Gasteiger partial charge in [-0.3, -0.25) is 0 Å². The van der Waals surface area contributed by atoms with Gasteiger partial charge in [0.2, 0.25) is 10.0 Å². The summed E-state index contributed by atoms with van der Waals surface area (Å²) < 4.78 is 30.5. The van der Waals surface area contributed by atoms with Gasteiger partial charge in [0, 0.05) is 19.5 Å². The van der Waals surface area contributed by atoms with Crippen LogP contribution in [-0.4, -0.2) is 56.0 Å². The fraction of sp³-hybridized carbons (Fsp3) is 0.571. The molecule has 1 fully saturated rings. The van der Waals surface area contributed by atoms with Crippen molar-refractivity contribution in [2.75, 3.05) is 32.6 Å². The first kappa shape index (κ1) is 15.4. The average molecular weight is 299 g/mol. The fourth-order valence-corrected chi connectivity index (χ4v) is 3.38. The highest BCUT2D eigenvalue weighted by atomic mass is 32.2. The number of sulfonamides is 1. The maximum Gasteiger partial charge on any atom is 0.211 e. The molecule has 0 spiro atoms. The van der Waals surface area contributed by atoms with E-state index in [2.05, 4.69) is 0 Å². The molecule has 1 aromatic rings. The number of aryl methyl sites for hydroxylation is 1. The minimum absolute atomic E-state index is 0.191. The molecule has 112 valence electrons. The molecule has 1 heterocycles. The summed E-state index contributed by atoms with van der Waals surface area (Å²) in [5.74, 6) is 0. The molecule has 0 amide bonds. The summed E-state index contributed by atoms with van der Waals surface area (Å²) in [6.45, 7) is 2.63. The summed E-state index contributed by atoms with van der Waals surface area (Å²) in [7, 11) is -3.27. The molecule has 1 atom stereocenters. The Morgan fingerprint density at radius 1 is 1.40 bits per heavy atom. The van der Waals surface area contributed by atoms with Crippen LogP contribution in [0.25, 0.3) is 0 Å². The zero-order chi connectivity index (χ0) is 14.8. The molecule has 1 aliphatic heterocycles. The molecule has 5 nitrogen and oxygen atoms in total. The van der Waals surface area contributed by atoms with E-state index in [0.717, 1.165) is 11.1 Å². The highest BCUT2D eigenvalue weighted by molar-refractivity contribution is 7.88. The number of aliphatic hydroxyl groups excluding tert-OH is 1. The van der Waals surface area contributed by atoms with Gasteiger partial charge in [0.1, 0.15) is 5.60 Å². The maximum atomic E-state index is 11.7. The lowest BCUT2D eigenvalue weighted by Gasteiger charge is -2.41. The van der Waals surface area contributed by atoms with Crippen LogP contribution in [0.1, 0.15) is 11.1 Å². The van der Waals surface area contributed by atoms with Crippen molar-refractivity contribution in [3.05, 3.63) is 35.4 Å². The van der Waals surface area contributed by atoms with Crippen molar-refractivity contribution in [2.45, 2.75) is 18.9 Å². The zero-order valence-corrected chi connectivity index (χ0v) is 12.7. The lowest BCUT2D eigenvalue weighted by molar-refractivity contribution is -0.115. The minimum Gasteiger partial charge on any atom is -0.393 e. The predicted octanol–water partition coefficient (Wildman–Crippen LogP) is 0.560. The maximum absolute atomic E-state index is 11.7. The van der Waals surface area contributed by atoms with Crippen molar-refractivity contribution in [1.82, 2.24) is 4.31 Å². The Bertz CT molecular complexity index is 572. The van der Waals surface area contributed by atoms with Gasteiger partial charge in [0.05, 0.1) is 19.5 Å². The van der Waals surface area contributed by atoms with Crippen molar-refractivity contribution in [1.29, 1.82) is 0 Å². The summed E-state index contributed by atoms with van der Waals surface area (Å²) in [6, 6.07) is 7.87. The molecular weight excluding hydrogens is 278 g/mol. The van der Waals surface area contributed by atoms with Crippen molar-refractivity contribution in [3.8, 4) is 0 Å². The van der Waals surface area contributed by atoms with E-state index in [4.69, 9.17) is 4.74 Å². The molecule has 20 heavy (non-hydrogen) atoms. The van der Waals surface area contributed by atoms with Crippen LogP contribution in [0.3, 0.4) is 0 Å². The normalized spacial score (nSPS) is 24.8. The SMILES string of the molecule is Cc1ccccc1C[C@@]1(CO)CN(S(C)(=O)=O)CCO1. The van der Waals surface area contributed by atoms with Crippen LogP contribution >= 0.6 is 0 Å². The third kappa shape index (κ3) is 3.38. The van der Waals surface area contributed by atoms with Crippen molar-refractivity contribution in [2.24, 2.45) is 0 Å². The quantitative estimate of drug-likeness (QED) is 0.882. The number of morpholine rings is 1. The fourth-order valence-electron chi connectivity index (χ4n) is 2.51. The first-order chi connectivity index (χ1) is 9.36. The second-order valence-corrected chi connectivity index (χ2v) is 7.37. The van der Waals surface area contributed by atoms with Crippen LogP contribution in [0.4, 0.5) is 0 Å². The first-order valence-corrected chi connectivity index (χ1v) is 8.46. The van der Waals surface area contributed by atoms with E-state index in [9.17, 15) is 13.5 Å². The lowest BCUT2D eigenvalue weighted by atomic mass is 9.91. The summed E-state index contributed by atoms with van der Waals surface area (Å²) in [6.07, 6.45) is 1.69. The number of ether oxygens (including phenoxy) is 1. The molecule has 0 unspecified atom stereocenters. The second-order valence-electron chi connectivity index (χ2n) is 5.39. The number of benzene rings is 1. The Kier molecular flexibility index (Phi) is 4.49. The van der Waals surface area contributed by atoms with E-state index in [1.807, 2.05) is 31.2 Å². The molecule has 1 saturated heterocycles. The van der Waals surface area contributed by atoms with E-state index >= 15 is 0 Å². The van der Waals surface area contributed by atoms with Gasteiger partial charge in [0.15, 0.2) is 0 Å². The smallest absolute Gasteiger partial charge is 0.211 e. The summed E-state index contributed by atoms with van der Waals surface area (Å²) in [5, 5.41) is 9.73. The van der Waals surface area contributed by atoms with E-state index in [1.54, 1.807) is 0 Å². The van der Waals surface area contributed by atoms with E-state index in [1.165, 1.54) is 10.6 Å². The molecule has 1 aliphatic rings. The molecule has 6 heteroatoms. The molecule has 0 aliphatic carbocycles. The average Bonchev–Trinajstić information content (AvgIpc) is 2.41. The summed E-state index contributed by atoms with van der Waals surface area (Å²) in [4.78, 5) is 0. The number of hydrogen-bond acceptors (Lipinski definition) is 4. The van der Waals surface area contributed by atoms with Crippen LogP contribution in [0.5, 0.6) is 0 Å². The van der Waals surface area contributed by atoms with Crippen molar-refractivity contribution < 1.29 is 18.3 Å². The van der Waals surface area contributed by atoms with Crippen LogP contribution in [0.2, 0.25) is 0 Å². The highest BCUT2D eigenvalue weighted by Gasteiger charge is 2.39. The van der Waals surface area contributed by atoms with Gasteiger partial charge in [-0.2, -0.15) is 4.31 Å². The monoisotopic (exact) mass is 299 g/mol. The Balaban J connectivity index is 2.23. The Labute approximate surface area is 120 Å². The topological polar surface area (TPSA) is 66.8 Å². The van der Waals surface area contributed by atoms with Gasteiger partial charge in [-0.05, 0) is 18.1 Å². The second kappa shape index (κ2) is 5.81. The summed E-state index contributed by atoms with van der Waals surface area (Å²) in [5.41, 5.74) is 1.32. The van der Waals surface area contributed by atoms with Crippen molar-refractivity contribution in [3.63, 3.8) is 0 Å². The molecule has 0 bridgehead atoms. The number of aliphatic hydroxyl groups is 1. The number of nitrogens with zero attached hydrogens (tertiary/aromatic N) is 1. The Morgan fingerprint density at radius 3 is 2.70 bits per heavy atom. The lowest BCUT2D eigenvalue weighted by Crippen LogP contribution is -2.56. The third-order valence-corrected chi connectivity index (χ3v) is 4.99. The number of rotatable bonds is 4. The minimum atomic E-state index is -3.27. The van der Waals surface area contributed by atoms with Crippen LogP contribution in [0.15, 0.2) is 24.3 Å². The van der Waals surface area contributed by atoms with Gasteiger partial charge in [-0.1, -0.05) is 24.3 Å². The van der Waals surface area contributed by atoms with Crippen LogP contribution in [0, 0.1) is 6.92 Å². The Morgan fingerprint density at radius 2 is 2.10 bits per heavy atom. The van der Waals surface area contributed by atoms with E-state index in [-0.39, 0.29) is 13.2 Å². The highest BCUT2D eigenvalue weighted by Crippen LogP contribution is 2.25. The molecular formula is C14H21NO4S. The van der Waals surface area contributed by atoms with Gasteiger partial charge in [-0.25, -0.2) is 8.42 Å². The largest absolute Gasteiger partial charge is 0.393 e. The zero-order valence-electron chi connectivity index (χ0n) is 11.9. The summed E-state index contributed by atoms with van der Waals surface area (Å²) >= 11 is 0. The molecule has 1 aromatic carbocycles. The van der Waals surface area contributed by atoms with Crippen LogP contribution < -0.4 is 0 Å². The van der Waals surface area contributed by atoms with E-state index < -0.39 is 15.6 Å². The van der Waals surface area contributed by atoms with Crippen LogP contribution in [-0.2, 0) is 21.2 Å². The van der Waals surface area contributed by atoms with Gasteiger partial charge >= 0.3 is 0 Å². The molecule has 0 radical (unpaired) electrons. The Hall–Kier alpha value is -0.950.